The fraction of sp³-hybridized carbons (Fsp3) is 0.478. The molecule has 4 nitrogen and oxygen atoms in total. The molecule has 2 aliphatic rings. The molecule has 1 aromatic heterocycles. The van der Waals surface area contributed by atoms with E-state index in [1.165, 1.54) is 49.6 Å². The van der Waals surface area contributed by atoms with Crippen LogP contribution in [-0.4, -0.2) is 29.8 Å². The van der Waals surface area contributed by atoms with Crippen LogP contribution in [0.5, 0.6) is 5.75 Å². The van der Waals surface area contributed by atoms with Gasteiger partial charge in [-0.1, -0.05) is 12.5 Å². The largest absolute Gasteiger partial charge is 0.493 e. The van der Waals surface area contributed by atoms with Crippen LogP contribution in [0.2, 0.25) is 0 Å². The van der Waals surface area contributed by atoms with Crippen molar-refractivity contribution in [2.75, 3.05) is 18.9 Å². The molecular formula is C23H25F3N2O2S. The molecule has 3 unspecified atom stereocenters. The van der Waals surface area contributed by atoms with Crippen molar-refractivity contribution < 1.29 is 22.7 Å². The molecule has 2 aliphatic carbocycles. The van der Waals surface area contributed by atoms with Crippen LogP contribution in [0.3, 0.4) is 0 Å². The van der Waals surface area contributed by atoms with E-state index in [9.17, 15) is 18.0 Å². The number of halogens is 3. The van der Waals surface area contributed by atoms with Crippen molar-refractivity contribution in [3.05, 3.63) is 53.7 Å². The average molecular weight is 451 g/mol. The molecule has 1 aromatic carbocycles. The van der Waals surface area contributed by atoms with E-state index in [-0.39, 0.29) is 18.3 Å². The molecule has 2 bridgehead atoms. The number of carbonyl (C=O) groups is 1. The number of carbonyl (C=O) groups excluding carboxylic acids is 1. The molecule has 1 N–H and O–H groups in total. The van der Waals surface area contributed by atoms with Crippen molar-refractivity contribution >= 4 is 17.7 Å². The molecule has 0 radical (unpaired) electrons. The maximum Gasteiger partial charge on any atom is 0.416 e. The van der Waals surface area contributed by atoms with E-state index in [4.69, 9.17) is 4.74 Å². The predicted octanol–water partition coefficient (Wildman–Crippen LogP) is 5.44. The number of ether oxygens (including phenoxy) is 1. The summed E-state index contributed by atoms with van der Waals surface area (Å²) >= 11 is 1.36. The summed E-state index contributed by atoms with van der Waals surface area (Å²) in [6.07, 6.45) is 2.37. The fourth-order valence-electron chi connectivity index (χ4n) is 4.68. The Hall–Kier alpha value is -2.22. The first-order valence-corrected chi connectivity index (χ1v) is 11.5. The van der Waals surface area contributed by atoms with Gasteiger partial charge in [-0.3, -0.25) is 4.79 Å². The third kappa shape index (κ3) is 5.53. The summed E-state index contributed by atoms with van der Waals surface area (Å²) in [5.41, 5.74) is -0.216. The van der Waals surface area contributed by atoms with Crippen LogP contribution in [0.25, 0.3) is 0 Å². The first kappa shape index (κ1) is 22.0. The molecule has 0 saturated heterocycles. The summed E-state index contributed by atoms with van der Waals surface area (Å²) in [6, 6.07) is 8.30. The van der Waals surface area contributed by atoms with Crippen LogP contribution in [-0.2, 0) is 6.18 Å². The number of amides is 1. The average Bonchev–Trinajstić information content (AvgIpc) is 3.38. The fourth-order valence-corrected chi connectivity index (χ4v) is 5.50. The van der Waals surface area contributed by atoms with Crippen molar-refractivity contribution in [3.63, 3.8) is 0 Å². The van der Waals surface area contributed by atoms with Gasteiger partial charge in [0, 0.05) is 18.5 Å². The van der Waals surface area contributed by atoms with E-state index in [0.717, 1.165) is 24.0 Å². The van der Waals surface area contributed by atoms with E-state index in [1.807, 2.05) is 0 Å². The maximum absolute atomic E-state index is 12.8. The third-order valence-corrected chi connectivity index (χ3v) is 7.15. The smallest absolute Gasteiger partial charge is 0.416 e. The zero-order valence-corrected chi connectivity index (χ0v) is 17.8. The summed E-state index contributed by atoms with van der Waals surface area (Å²) in [6.45, 7) is 0.909. The topological polar surface area (TPSA) is 51.2 Å². The summed E-state index contributed by atoms with van der Waals surface area (Å²) in [5.74, 6) is 2.67. The SMILES string of the molecule is O=C(NCC1CC2CCC1C2)c1cccnc1SCCOc1cccc(C(F)(F)F)c1. The van der Waals surface area contributed by atoms with E-state index in [1.54, 1.807) is 18.3 Å². The lowest BCUT2D eigenvalue weighted by Gasteiger charge is -2.22. The number of hydrogen-bond acceptors (Lipinski definition) is 4. The zero-order chi connectivity index (χ0) is 21.8. The zero-order valence-electron chi connectivity index (χ0n) is 17.0. The third-order valence-electron chi connectivity index (χ3n) is 6.18. The molecule has 3 atom stereocenters. The maximum atomic E-state index is 12.8. The number of nitrogens with zero attached hydrogens (tertiary/aromatic N) is 1. The van der Waals surface area contributed by atoms with Crippen LogP contribution in [0.1, 0.15) is 41.6 Å². The number of pyridine rings is 1. The summed E-state index contributed by atoms with van der Waals surface area (Å²) < 4.78 is 43.8. The Morgan fingerprint density at radius 2 is 2.06 bits per heavy atom. The molecule has 1 amide bonds. The molecule has 2 fully saturated rings. The van der Waals surface area contributed by atoms with Crippen molar-refractivity contribution in [2.45, 2.75) is 36.9 Å². The first-order chi connectivity index (χ1) is 14.9. The molecule has 2 aromatic rings. The van der Waals surface area contributed by atoms with Gasteiger partial charge < -0.3 is 10.1 Å². The Morgan fingerprint density at radius 1 is 1.19 bits per heavy atom. The Balaban J connectivity index is 1.27. The molecule has 2 saturated carbocycles. The number of benzene rings is 1. The predicted molar refractivity (Wildman–Crippen MR) is 113 cm³/mol. The van der Waals surface area contributed by atoms with Crippen molar-refractivity contribution in [1.29, 1.82) is 0 Å². The molecular weight excluding hydrogens is 425 g/mol. The van der Waals surface area contributed by atoms with Crippen molar-refractivity contribution in [1.82, 2.24) is 10.3 Å². The molecule has 0 aliphatic heterocycles. The lowest BCUT2D eigenvalue weighted by Crippen LogP contribution is -2.32. The van der Waals surface area contributed by atoms with Gasteiger partial charge in [-0.2, -0.15) is 13.2 Å². The van der Waals surface area contributed by atoms with Crippen LogP contribution < -0.4 is 10.1 Å². The molecule has 8 heteroatoms. The number of hydrogen-bond donors (Lipinski definition) is 1. The van der Waals surface area contributed by atoms with Gasteiger partial charge in [-0.05, 0) is 67.3 Å². The molecule has 0 spiro atoms. The Kier molecular flexibility index (Phi) is 6.74. The highest BCUT2D eigenvalue weighted by Gasteiger charge is 2.39. The van der Waals surface area contributed by atoms with Crippen molar-refractivity contribution in [2.24, 2.45) is 17.8 Å². The lowest BCUT2D eigenvalue weighted by molar-refractivity contribution is -0.137. The van der Waals surface area contributed by atoms with Gasteiger partial charge in [0.1, 0.15) is 10.8 Å². The van der Waals surface area contributed by atoms with Gasteiger partial charge in [0.25, 0.3) is 5.91 Å². The number of aromatic nitrogens is 1. The summed E-state index contributed by atoms with van der Waals surface area (Å²) in [4.78, 5) is 17.0. The van der Waals surface area contributed by atoms with E-state index < -0.39 is 11.7 Å². The molecule has 166 valence electrons. The number of nitrogens with one attached hydrogen (secondary N) is 1. The second-order valence-corrected chi connectivity index (χ2v) is 9.31. The normalized spacial score (nSPS) is 22.5. The number of rotatable bonds is 8. The minimum atomic E-state index is -4.40. The van der Waals surface area contributed by atoms with E-state index in [0.29, 0.717) is 28.8 Å². The molecule has 1 heterocycles. The number of alkyl halides is 3. The highest BCUT2D eigenvalue weighted by molar-refractivity contribution is 7.99. The quantitative estimate of drug-likeness (QED) is 0.430. The van der Waals surface area contributed by atoms with Gasteiger partial charge in [-0.15, -0.1) is 11.8 Å². The van der Waals surface area contributed by atoms with E-state index in [2.05, 4.69) is 10.3 Å². The van der Waals surface area contributed by atoms with Gasteiger partial charge in [0.15, 0.2) is 0 Å². The molecule has 31 heavy (non-hydrogen) atoms. The van der Waals surface area contributed by atoms with Crippen LogP contribution in [0.15, 0.2) is 47.6 Å². The Bertz CT molecular complexity index is 922. The van der Waals surface area contributed by atoms with Crippen molar-refractivity contribution in [3.8, 4) is 5.75 Å². The number of thioether (sulfide) groups is 1. The summed E-state index contributed by atoms with van der Waals surface area (Å²) in [7, 11) is 0. The van der Waals surface area contributed by atoms with Gasteiger partial charge in [-0.25, -0.2) is 4.98 Å². The van der Waals surface area contributed by atoms with E-state index >= 15 is 0 Å². The molecule has 4 rings (SSSR count). The summed E-state index contributed by atoms with van der Waals surface area (Å²) in [5, 5.41) is 3.67. The number of fused-ring (bicyclic) bond motifs is 2. The second-order valence-electron chi connectivity index (χ2n) is 8.22. The highest BCUT2D eigenvalue weighted by Crippen LogP contribution is 2.48. The van der Waals surface area contributed by atoms with Gasteiger partial charge in [0.2, 0.25) is 0 Å². The monoisotopic (exact) mass is 450 g/mol. The van der Waals surface area contributed by atoms with Crippen LogP contribution in [0.4, 0.5) is 13.2 Å². The van der Waals surface area contributed by atoms with Crippen LogP contribution in [0, 0.1) is 17.8 Å². The minimum absolute atomic E-state index is 0.128. The minimum Gasteiger partial charge on any atom is -0.493 e. The highest BCUT2D eigenvalue weighted by atomic mass is 32.2. The Labute approximate surface area is 184 Å². The van der Waals surface area contributed by atoms with Gasteiger partial charge >= 0.3 is 6.18 Å². The van der Waals surface area contributed by atoms with Gasteiger partial charge in [0.05, 0.1) is 17.7 Å². The second kappa shape index (κ2) is 9.51. The lowest BCUT2D eigenvalue weighted by atomic mass is 9.89. The first-order valence-electron chi connectivity index (χ1n) is 10.6. The Morgan fingerprint density at radius 3 is 2.81 bits per heavy atom. The van der Waals surface area contributed by atoms with Crippen LogP contribution >= 0.6 is 11.8 Å². The standard InChI is InChI=1S/C23H25F3N2O2S/c24-23(25,26)18-3-1-4-19(13-18)30-9-10-31-22-20(5-2-8-27-22)21(29)28-14-17-12-15-6-7-16(17)11-15/h1-5,8,13,15-17H,6-7,9-12,14H2,(H,28,29).